The Balaban J connectivity index is 2.92. The number of aliphatic carboxylic acids is 1. The molecule has 0 saturated heterocycles. The molecule has 0 spiro atoms. The fourth-order valence-corrected chi connectivity index (χ4v) is 2.51. The number of pyridine rings is 1. The molecule has 7 nitrogen and oxygen atoms in total. The standard InChI is InChI=1S/C18H29N3O4/c1-13(2)4-5-15(18(25)20-10-7-17(23)24)21-11-8-14(6-9-19-3)12-16(21)22/h8,11-13,15,19H,4-7,9-10H2,1-3H3,(H,20,25)(H,23,24). The third-order valence-corrected chi connectivity index (χ3v) is 3.97. The third kappa shape index (κ3) is 7.51. The fraction of sp³-hybridized carbons (Fsp3) is 0.611. The molecule has 0 saturated carbocycles. The van der Waals surface area contributed by atoms with Gasteiger partial charge >= 0.3 is 5.97 Å². The van der Waals surface area contributed by atoms with Gasteiger partial charge in [0.2, 0.25) is 5.91 Å². The number of carboxylic acid groups (broad SMARTS) is 1. The molecular weight excluding hydrogens is 322 g/mol. The zero-order valence-electron chi connectivity index (χ0n) is 15.2. The summed E-state index contributed by atoms with van der Waals surface area (Å²) in [7, 11) is 1.85. The second-order valence-corrected chi connectivity index (χ2v) is 6.56. The lowest BCUT2D eigenvalue weighted by Gasteiger charge is -2.20. The van der Waals surface area contributed by atoms with Crippen molar-refractivity contribution in [3.05, 3.63) is 34.2 Å². The predicted octanol–water partition coefficient (Wildman–Crippen LogP) is 1.18. The van der Waals surface area contributed by atoms with E-state index in [1.807, 2.05) is 13.1 Å². The van der Waals surface area contributed by atoms with Crippen LogP contribution in [0, 0.1) is 5.92 Å². The Morgan fingerprint density at radius 3 is 2.52 bits per heavy atom. The van der Waals surface area contributed by atoms with Gasteiger partial charge in [-0.2, -0.15) is 0 Å². The van der Waals surface area contributed by atoms with Crippen LogP contribution < -0.4 is 16.2 Å². The Morgan fingerprint density at radius 2 is 1.96 bits per heavy atom. The van der Waals surface area contributed by atoms with Crippen molar-refractivity contribution in [3.63, 3.8) is 0 Å². The summed E-state index contributed by atoms with van der Waals surface area (Å²) < 4.78 is 1.45. The van der Waals surface area contributed by atoms with Crippen molar-refractivity contribution in [3.8, 4) is 0 Å². The smallest absolute Gasteiger partial charge is 0.305 e. The van der Waals surface area contributed by atoms with Crippen LogP contribution >= 0.6 is 0 Å². The van der Waals surface area contributed by atoms with E-state index in [4.69, 9.17) is 5.11 Å². The average molecular weight is 351 g/mol. The second kappa shape index (κ2) is 10.7. The first-order valence-electron chi connectivity index (χ1n) is 8.70. The Labute approximate surface area is 148 Å². The zero-order chi connectivity index (χ0) is 18.8. The number of amides is 1. The molecule has 0 bridgehead atoms. The first-order chi connectivity index (χ1) is 11.8. The van der Waals surface area contributed by atoms with Gasteiger partial charge in [0.15, 0.2) is 0 Å². The molecule has 0 aliphatic rings. The van der Waals surface area contributed by atoms with Crippen LogP contribution in [0.3, 0.4) is 0 Å². The highest BCUT2D eigenvalue weighted by molar-refractivity contribution is 5.80. The number of nitrogens with zero attached hydrogens (tertiary/aromatic N) is 1. The molecule has 0 radical (unpaired) electrons. The van der Waals surface area contributed by atoms with Crippen molar-refractivity contribution in [1.29, 1.82) is 0 Å². The van der Waals surface area contributed by atoms with Gasteiger partial charge in [0, 0.05) is 18.8 Å². The fourth-order valence-electron chi connectivity index (χ4n) is 2.51. The summed E-state index contributed by atoms with van der Waals surface area (Å²) in [5.41, 5.74) is 0.709. The van der Waals surface area contributed by atoms with Gasteiger partial charge in [-0.3, -0.25) is 14.4 Å². The van der Waals surface area contributed by atoms with Gasteiger partial charge in [-0.25, -0.2) is 0 Å². The summed E-state index contributed by atoms with van der Waals surface area (Å²) in [6.45, 7) is 4.95. The van der Waals surface area contributed by atoms with E-state index in [1.165, 1.54) is 4.57 Å². The maximum absolute atomic E-state index is 12.5. The maximum atomic E-state index is 12.5. The molecule has 140 valence electrons. The summed E-state index contributed by atoms with van der Waals surface area (Å²) in [6, 6.07) is 2.79. The van der Waals surface area contributed by atoms with E-state index in [0.717, 1.165) is 24.9 Å². The molecule has 1 atom stereocenters. The van der Waals surface area contributed by atoms with Gasteiger partial charge in [0.05, 0.1) is 6.42 Å². The van der Waals surface area contributed by atoms with Gasteiger partial charge in [-0.1, -0.05) is 13.8 Å². The van der Waals surface area contributed by atoms with Crippen LogP contribution in [-0.4, -0.2) is 41.7 Å². The Hall–Kier alpha value is -2.15. The van der Waals surface area contributed by atoms with E-state index < -0.39 is 12.0 Å². The number of rotatable bonds is 11. The van der Waals surface area contributed by atoms with Crippen molar-refractivity contribution in [2.24, 2.45) is 5.92 Å². The summed E-state index contributed by atoms with van der Waals surface area (Å²) in [4.78, 5) is 35.5. The molecular formula is C18H29N3O4. The normalized spacial score (nSPS) is 12.2. The quantitative estimate of drug-likeness (QED) is 0.556. The van der Waals surface area contributed by atoms with E-state index in [1.54, 1.807) is 12.3 Å². The molecule has 0 aliphatic heterocycles. The van der Waals surface area contributed by atoms with Crippen LogP contribution in [0.5, 0.6) is 0 Å². The van der Waals surface area contributed by atoms with Crippen LogP contribution in [0.1, 0.15) is 44.7 Å². The van der Waals surface area contributed by atoms with Gasteiger partial charge in [-0.05, 0) is 50.4 Å². The average Bonchev–Trinajstić information content (AvgIpc) is 2.54. The van der Waals surface area contributed by atoms with Crippen LogP contribution in [0.15, 0.2) is 23.1 Å². The molecule has 0 aliphatic carbocycles. The van der Waals surface area contributed by atoms with Crippen LogP contribution in [0.4, 0.5) is 0 Å². The monoisotopic (exact) mass is 351 g/mol. The van der Waals surface area contributed by atoms with E-state index in [2.05, 4.69) is 24.5 Å². The van der Waals surface area contributed by atoms with Gasteiger partial charge in [-0.15, -0.1) is 0 Å². The molecule has 7 heteroatoms. The van der Waals surface area contributed by atoms with Crippen LogP contribution in [0.2, 0.25) is 0 Å². The van der Waals surface area contributed by atoms with Gasteiger partial charge in [0.1, 0.15) is 6.04 Å². The number of hydrogen-bond acceptors (Lipinski definition) is 4. The molecule has 25 heavy (non-hydrogen) atoms. The number of aromatic nitrogens is 1. The molecule has 1 aromatic heterocycles. The molecule has 1 unspecified atom stereocenters. The lowest BCUT2D eigenvalue weighted by Crippen LogP contribution is -2.38. The highest BCUT2D eigenvalue weighted by Crippen LogP contribution is 2.17. The molecule has 1 heterocycles. The molecule has 1 amide bonds. The Bertz CT molecular complexity index is 625. The number of likely N-dealkylation sites (N-methyl/N-ethyl adjacent to an activating group) is 1. The van der Waals surface area contributed by atoms with Gasteiger partial charge in [0.25, 0.3) is 5.56 Å². The molecule has 0 fully saturated rings. The third-order valence-electron chi connectivity index (χ3n) is 3.97. The van der Waals surface area contributed by atoms with Gasteiger partial charge < -0.3 is 20.3 Å². The summed E-state index contributed by atoms with van der Waals surface area (Å²) in [6.07, 6.45) is 3.60. The van der Waals surface area contributed by atoms with E-state index in [9.17, 15) is 14.4 Å². The molecule has 3 N–H and O–H groups in total. The maximum Gasteiger partial charge on any atom is 0.305 e. The molecule has 1 aromatic rings. The summed E-state index contributed by atoms with van der Waals surface area (Å²) in [5.74, 6) is -0.878. The Kier molecular flexibility index (Phi) is 8.91. The van der Waals surface area contributed by atoms with Crippen LogP contribution in [-0.2, 0) is 16.0 Å². The van der Waals surface area contributed by atoms with E-state index >= 15 is 0 Å². The molecule has 1 rings (SSSR count). The minimum absolute atomic E-state index is 0.0569. The number of nitrogens with one attached hydrogen (secondary N) is 2. The SMILES string of the molecule is CNCCc1ccn(C(CCC(C)C)C(=O)NCCC(=O)O)c(=O)c1. The van der Waals surface area contributed by atoms with E-state index in [-0.39, 0.29) is 24.4 Å². The highest BCUT2D eigenvalue weighted by atomic mass is 16.4. The minimum atomic E-state index is -0.968. The highest BCUT2D eigenvalue weighted by Gasteiger charge is 2.21. The number of hydrogen-bond donors (Lipinski definition) is 3. The lowest BCUT2D eigenvalue weighted by molar-refractivity contribution is -0.137. The first-order valence-corrected chi connectivity index (χ1v) is 8.70. The summed E-state index contributed by atoms with van der Waals surface area (Å²) in [5, 5.41) is 14.4. The lowest BCUT2D eigenvalue weighted by atomic mass is 10.0. The summed E-state index contributed by atoms with van der Waals surface area (Å²) >= 11 is 0. The zero-order valence-corrected chi connectivity index (χ0v) is 15.2. The number of carbonyl (C=O) groups excluding carboxylic acids is 1. The largest absolute Gasteiger partial charge is 0.481 e. The van der Waals surface area contributed by atoms with Crippen LogP contribution in [0.25, 0.3) is 0 Å². The van der Waals surface area contributed by atoms with Crippen molar-refractivity contribution < 1.29 is 14.7 Å². The van der Waals surface area contributed by atoms with Crippen molar-refractivity contribution in [1.82, 2.24) is 15.2 Å². The minimum Gasteiger partial charge on any atom is -0.481 e. The van der Waals surface area contributed by atoms with Crippen molar-refractivity contribution in [2.75, 3.05) is 20.1 Å². The number of carbonyl (C=O) groups is 2. The molecule has 0 aromatic carbocycles. The Morgan fingerprint density at radius 1 is 1.24 bits per heavy atom. The topological polar surface area (TPSA) is 100 Å². The number of carboxylic acids is 1. The van der Waals surface area contributed by atoms with Crippen molar-refractivity contribution >= 4 is 11.9 Å². The van der Waals surface area contributed by atoms with E-state index in [0.29, 0.717) is 12.3 Å². The first kappa shape index (κ1) is 20.9. The second-order valence-electron chi connectivity index (χ2n) is 6.56. The van der Waals surface area contributed by atoms with Crippen molar-refractivity contribution in [2.45, 2.75) is 45.6 Å². The predicted molar refractivity (Wildman–Crippen MR) is 96.7 cm³/mol.